The van der Waals surface area contributed by atoms with Crippen molar-refractivity contribution in [3.8, 4) is 0 Å². The Morgan fingerprint density at radius 2 is 2.29 bits per heavy atom. The van der Waals surface area contributed by atoms with Crippen molar-refractivity contribution in [2.75, 3.05) is 0 Å². The van der Waals surface area contributed by atoms with E-state index in [1.54, 1.807) is 0 Å². The monoisotopic (exact) mass is 186 g/mol. The minimum Gasteiger partial charge on any atom is -0.264 e. The average Bonchev–Trinajstić information content (AvgIpc) is 2.76. The molecule has 2 aliphatic rings. The molecule has 1 aromatic heterocycles. The number of hydrogen-bond donors (Lipinski definition) is 0. The Morgan fingerprint density at radius 1 is 1.36 bits per heavy atom. The molecule has 4 atom stereocenters. The number of pyridine rings is 1. The van der Waals surface area contributed by atoms with Gasteiger partial charge >= 0.3 is 0 Å². The fourth-order valence-electron chi connectivity index (χ4n) is 3.66. The van der Waals surface area contributed by atoms with Crippen LogP contribution in [-0.2, 0) is 0 Å². The molecule has 4 unspecified atom stereocenters. The second-order valence-electron chi connectivity index (χ2n) is 4.99. The van der Waals surface area contributed by atoms with Crippen molar-refractivity contribution in [2.45, 2.75) is 32.1 Å². The molecule has 1 heteroatoms. The van der Waals surface area contributed by atoms with Crippen LogP contribution in [-0.4, -0.2) is 4.98 Å². The van der Waals surface area contributed by atoms with E-state index in [9.17, 15) is 0 Å². The van der Waals surface area contributed by atoms with Crippen molar-refractivity contribution in [2.24, 2.45) is 17.8 Å². The fraction of sp³-hybridized carbons (Fsp3) is 0.615. The van der Waals surface area contributed by atoms with Gasteiger partial charge in [-0.05, 0) is 54.6 Å². The smallest absolute Gasteiger partial charge is 0.0302 e. The highest BCUT2D eigenvalue weighted by Gasteiger charge is 2.45. The third-order valence-electron chi connectivity index (χ3n) is 4.48. The van der Waals surface area contributed by atoms with Crippen LogP contribution in [0.3, 0.4) is 0 Å². The zero-order valence-electron chi connectivity index (χ0n) is 8.69. The maximum absolute atomic E-state index is 4.24. The van der Waals surface area contributed by atoms with E-state index in [2.05, 4.69) is 30.2 Å². The van der Waals surface area contributed by atoms with Crippen molar-refractivity contribution < 1.29 is 0 Å². The maximum Gasteiger partial charge on any atom is 0.0302 e. The molecular formula is C13H17N. The first-order valence-corrected chi connectivity index (χ1v) is 5.76. The predicted octanol–water partition coefficient (Wildman–Crippen LogP) is 3.23. The van der Waals surface area contributed by atoms with Crippen molar-refractivity contribution in [1.82, 2.24) is 4.98 Å². The number of nitrogens with zero attached hydrogens (tertiary/aromatic N) is 1. The van der Waals surface area contributed by atoms with Gasteiger partial charge in [-0.3, -0.25) is 4.98 Å². The maximum atomic E-state index is 4.24. The quantitative estimate of drug-likeness (QED) is 0.656. The molecule has 3 rings (SSSR count). The Balaban J connectivity index is 1.89. The van der Waals surface area contributed by atoms with Gasteiger partial charge in [-0.25, -0.2) is 0 Å². The van der Waals surface area contributed by atoms with Gasteiger partial charge in [-0.15, -0.1) is 0 Å². The lowest BCUT2D eigenvalue weighted by Gasteiger charge is -2.21. The Hall–Kier alpha value is -0.850. The van der Waals surface area contributed by atoms with Crippen LogP contribution >= 0.6 is 0 Å². The predicted molar refractivity (Wildman–Crippen MR) is 57.0 cm³/mol. The van der Waals surface area contributed by atoms with Gasteiger partial charge in [0, 0.05) is 12.4 Å². The molecule has 2 bridgehead atoms. The summed E-state index contributed by atoms with van der Waals surface area (Å²) < 4.78 is 0. The summed E-state index contributed by atoms with van der Waals surface area (Å²) in [6, 6.07) is 4.33. The molecule has 0 aliphatic heterocycles. The number of rotatable bonds is 1. The zero-order valence-corrected chi connectivity index (χ0v) is 8.69. The van der Waals surface area contributed by atoms with Crippen molar-refractivity contribution in [3.05, 3.63) is 30.1 Å². The third kappa shape index (κ3) is 1.11. The largest absolute Gasteiger partial charge is 0.264 e. The molecule has 0 spiro atoms. The van der Waals surface area contributed by atoms with Gasteiger partial charge in [0.05, 0.1) is 0 Å². The molecule has 0 amide bonds. The van der Waals surface area contributed by atoms with E-state index >= 15 is 0 Å². The summed E-state index contributed by atoms with van der Waals surface area (Å²) in [5, 5.41) is 0. The van der Waals surface area contributed by atoms with E-state index in [4.69, 9.17) is 0 Å². The standard InChI is InChI=1S/C13H17N/c1-9-10-4-5-12(9)13(7-10)11-3-2-6-14-8-11/h2-3,6,8-10,12-13H,4-5,7H2,1H3/i1-1. The molecule has 0 aromatic carbocycles. The van der Waals surface area contributed by atoms with Crippen molar-refractivity contribution in [1.29, 1.82) is 0 Å². The Bertz CT molecular complexity index is 319. The summed E-state index contributed by atoms with van der Waals surface area (Å²) in [7, 11) is 0. The Labute approximate surface area is 85.6 Å². The molecule has 14 heavy (non-hydrogen) atoms. The summed E-state index contributed by atoms with van der Waals surface area (Å²) in [6.45, 7) is 2.44. The van der Waals surface area contributed by atoms with Crippen LogP contribution in [0.25, 0.3) is 0 Å². The first kappa shape index (κ1) is 8.46. The fourth-order valence-corrected chi connectivity index (χ4v) is 3.66. The van der Waals surface area contributed by atoms with Crippen LogP contribution in [0.5, 0.6) is 0 Å². The topological polar surface area (TPSA) is 12.9 Å². The lowest BCUT2D eigenvalue weighted by atomic mass is 9.80. The normalized spacial score (nSPS) is 40.4. The van der Waals surface area contributed by atoms with Gasteiger partial charge < -0.3 is 0 Å². The molecule has 1 nitrogen and oxygen atoms in total. The van der Waals surface area contributed by atoms with Crippen LogP contribution in [0, 0.1) is 17.8 Å². The number of aromatic nitrogens is 1. The second kappa shape index (κ2) is 3.08. The van der Waals surface area contributed by atoms with E-state index in [0.717, 1.165) is 23.7 Å². The SMILES string of the molecule is [11CH3]C1C2CCC1C(c1cccnc1)C2. The summed E-state index contributed by atoms with van der Waals surface area (Å²) >= 11 is 0. The highest BCUT2D eigenvalue weighted by atomic mass is 14.6. The molecule has 2 saturated carbocycles. The number of hydrogen-bond acceptors (Lipinski definition) is 1. The van der Waals surface area contributed by atoms with E-state index in [-0.39, 0.29) is 0 Å². The zero-order chi connectivity index (χ0) is 9.54. The Kier molecular flexibility index (Phi) is 1.86. The highest BCUT2D eigenvalue weighted by molar-refractivity contribution is 5.20. The van der Waals surface area contributed by atoms with Crippen LogP contribution in [0.4, 0.5) is 0 Å². The van der Waals surface area contributed by atoms with Crippen molar-refractivity contribution >= 4 is 0 Å². The van der Waals surface area contributed by atoms with Crippen LogP contribution in [0.1, 0.15) is 37.7 Å². The number of fused-ring (bicyclic) bond motifs is 2. The summed E-state index contributed by atoms with van der Waals surface area (Å²) in [4.78, 5) is 4.24. The van der Waals surface area contributed by atoms with Crippen LogP contribution in [0.15, 0.2) is 24.5 Å². The van der Waals surface area contributed by atoms with Gasteiger partial charge in [0.25, 0.3) is 0 Å². The first-order chi connectivity index (χ1) is 6.86. The van der Waals surface area contributed by atoms with E-state index in [1.807, 2.05) is 6.20 Å². The van der Waals surface area contributed by atoms with Gasteiger partial charge in [0.1, 0.15) is 0 Å². The van der Waals surface area contributed by atoms with E-state index < -0.39 is 0 Å². The summed E-state index contributed by atoms with van der Waals surface area (Å²) in [5.41, 5.74) is 1.48. The van der Waals surface area contributed by atoms with Crippen LogP contribution in [0.2, 0.25) is 0 Å². The van der Waals surface area contributed by atoms with E-state index in [1.165, 1.54) is 24.8 Å². The molecule has 0 saturated heterocycles. The molecule has 2 fully saturated rings. The molecule has 0 radical (unpaired) electrons. The minimum absolute atomic E-state index is 0.817. The molecular weight excluding hydrogens is 169 g/mol. The second-order valence-corrected chi connectivity index (χ2v) is 4.99. The van der Waals surface area contributed by atoms with Gasteiger partial charge in [0.15, 0.2) is 0 Å². The van der Waals surface area contributed by atoms with Gasteiger partial charge in [-0.2, -0.15) is 0 Å². The van der Waals surface area contributed by atoms with Crippen LogP contribution < -0.4 is 0 Å². The van der Waals surface area contributed by atoms with E-state index in [0.29, 0.717) is 0 Å². The first-order valence-electron chi connectivity index (χ1n) is 5.76. The van der Waals surface area contributed by atoms with Gasteiger partial charge in [0.2, 0.25) is 0 Å². The van der Waals surface area contributed by atoms with Gasteiger partial charge in [-0.1, -0.05) is 13.0 Å². The molecule has 1 aromatic rings. The third-order valence-corrected chi connectivity index (χ3v) is 4.48. The summed E-state index contributed by atoms with van der Waals surface area (Å²) in [5.74, 6) is 3.73. The molecule has 74 valence electrons. The molecule has 0 N–H and O–H groups in total. The molecule has 1 heterocycles. The molecule has 2 aliphatic carbocycles. The summed E-state index contributed by atoms with van der Waals surface area (Å²) in [6.07, 6.45) is 8.28. The Morgan fingerprint density at radius 3 is 2.86 bits per heavy atom. The lowest BCUT2D eigenvalue weighted by Crippen LogP contribution is -2.09. The van der Waals surface area contributed by atoms with Crippen molar-refractivity contribution in [3.63, 3.8) is 0 Å². The highest BCUT2D eigenvalue weighted by Crippen LogP contribution is 2.56. The lowest BCUT2D eigenvalue weighted by molar-refractivity contribution is 0.408. The minimum atomic E-state index is 0.817. The average molecular weight is 186 g/mol.